The lowest BCUT2D eigenvalue weighted by molar-refractivity contribution is -0.140. The van der Waals surface area contributed by atoms with Crippen molar-refractivity contribution in [3.63, 3.8) is 0 Å². The lowest BCUT2D eigenvalue weighted by Gasteiger charge is -2.16. The summed E-state index contributed by atoms with van der Waals surface area (Å²) in [5.74, 6) is -1.20. The van der Waals surface area contributed by atoms with E-state index in [4.69, 9.17) is 0 Å². The lowest BCUT2D eigenvalue weighted by Crippen LogP contribution is -2.37. The van der Waals surface area contributed by atoms with Gasteiger partial charge in [-0.15, -0.1) is 0 Å². The van der Waals surface area contributed by atoms with E-state index in [-0.39, 0.29) is 11.6 Å². The van der Waals surface area contributed by atoms with E-state index in [0.717, 1.165) is 38.0 Å². The molecule has 1 atom stereocenters. The molecule has 0 bridgehead atoms. The number of hydrogen-bond donors (Lipinski definition) is 1. The average molecular weight is 330 g/mol. The van der Waals surface area contributed by atoms with E-state index in [1.54, 1.807) is 0 Å². The van der Waals surface area contributed by atoms with E-state index in [0.29, 0.717) is 12.1 Å². The zero-order valence-electron chi connectivity index (χ0n) is 12.5. The lowest BCUT2D eigenvalue weighted by atomic mass is 10.1. The van der Waals surface area contributed by atoms with Gasteiger partial charge in [0.2, 0.25) is 0 Å². The van der Waals surface area contributed by atoms with Crippen LogP contribution in [0.1, 0.15) is 35.2 Å². The van der Waals surface area contributed by atoms with E-state index >= 15 is 0 Å². The summed E-state index contributed by atoms with van der Waals surface area (Å²) in [6, 6.07) is 2.27. The van der Waals surface area contributed by atoms with Crippen molar-refractivity contribution in [1.82, 2.24) is 10.2 Å². The SMILES string of the molecule is O=C(NC1CCN(CC2CC2)C1)c1ccc(F)c(C(F)(F)F)c1. The molecule has 1 aromatic carbocycles. The maximum atomic E-state index is 13.3. The Balaban J connectivity index is 1.62. The Kier molecular flexibility index (Phi) is 4.31. The molecule has 1 aliphatic carbocycles. The van der Waals surface area contributed by atoms with Crippen LogP contribution in [0.25, 0.3) is 0 Å². The minimum absolute atomic E-state index is 0.0689. The molecular formula is C16H18F4N2O. The molecule has 7 heteroatoms. The van der Waals surface area contributed by atoms with Gasteiger partial charge < -0.3 is 10.2 Å². The van der Waals surface area contributed by atoms with Crippen molar-refractivity contribution in [3.05, 3.63) is 35.1 Å². The predicted octanol–water partition coefficient (Wildman–Crippen LogP) is 3.06. The van der Waals surface area contributed by atoms with Crippen molar-refractivity contribution in [3.8, 4) is 0 Å². The second kappa shape index (κ2) is 6.11. The first-order chi connectivity index (χ1) is 10.8. The molecule has 0 aromatic heterocycles. The fourth-order valence-corrected chi connectivity index (χ4v) is 2.93. The van der Waals surface area contributed by atoms with Gasteiger partial charge in [0.25, 0.3) is 5.91 Å². The summed E-state index contributed by atoms with van der Waals surface area (Å²) >= 11 is 0. The van der Waals surface area contributed by atoms with Gasteiger partial charge in [0.15, 0.2) is 0 Å². The van der Waals surface area contributed by atoms with Crippen molar-refractivity contribution in [2.24, 2.45) is 5.92 Å². The number of carbonyl (C=O) groups excluding carboxylic acids is 1. The first-order valence-corrected chi connectivity index (χ1v) is 7.73. The van der Waals surface area contributed by atoms with E-state index < -0.39 is 23.5 Å². The van der Waals surface area contributed by atoms with Crippen molar-refractivity contribution in [2.75, 3.05) is 19.6 Å². The summed E-state index contributed by atoms with van der Waals surface area (Å²) in [4.78, 5) is 14.4. The van der Waals surface area contributed by atoms with Gasteiger partial charge in [-0.1, -0.05) is 0 Å². The second-order valence-electron chi connectivity index (χ2n) is 6.35. The Bertz CT molecular complexity index is 598. The highest BCUT2D eigenvalue weighted by molar-refractivity contribution is 5.94. The van der Waals surface area contributed by atoms with Gasteiger partial charge in [-0.2, -0.15) is 13.2 Å². The summed E-state index contributed by atoms with van der Waals surface area (Å²) in [7, 11) is 0. The van der Waals surface area contributed by atoms with Crippen LogP contribution in [0.5, 0.6) is 0 Å². The van der Waals surface area contributed by atoms with Gasteiger partial charge in [-0.05, 0) is 43.4 Å². The summed E-state index contributed by atoms with van der Waals surface area (Å²) in [5.41, 5.74) is -1.58. The normalized spacial score (nSPS) is 22.3. The molecule has 1 saturated heterocycles. The number of nitrogens with one attached hydrogen (secondary N) is 1. The van der Waals surface area contributed by atoms with Crippen molar-refractivity contribution in [2.45, 2.75) is 31.5 Å². The van der Waals surface area contributed by atoms with Crippen molar-refractivity contribution in [1.29, 1.82) is 0 Å². The molecular weight excluding hydrogens is 312 g/mol. The summed E-state index contributed by atoms with van der Waals surface area (Å²) in [6.45, 7) is 2.63. The standard InChI is InChI=1S/C16H18F4N2O/c17-14-4-3-11(7-13(14)16(18,19)20)15(23)21-12-5-6-22(9-12)8-10-1-2-10/h3-4,7,10,12H,1-2,5-6,8-9H2,(H,21,23). The number of halogens is 4. The maximum absolute atomic E-state index is 13.3. The largest absolute Gasteiger partial charge is 0.419 e. The van der Waals surface area contributed by atoms with Crippen LogP contribution in [-0.2, 0) is 6.18 Å². The number of hydrogen-bond acceptors (Lipinski definition) is 2. The number of rotatable bonds is 4. The van der Waals surface area contributed by atoms with Crippen molar-refractivity contribution < 1.29 is 22.4 Å². The number of alkyl halides is 3. The Morgan fingerprint density at radius 3 is 2.65 bits per heavy atom. The molecule has 1 aliphatic heterocycles. The maximum Gasteiger partial charge on any atom is 0.419 e. The molecule has 126 valence electrons. The summed E-state index contributed by atoms with van der Waals surface area (Å²) in [6.07, 6.45) is -1.52. The van der Waals surface area contributed by atoms with Gasteiger partial charge in [0.05, 0.1) is 5.56 Å². The molecule has 3 rings (SSSR count). The van der Waals surface area contributed by atoms with Crippen LogP contribution in [-0.4, -0.2) is 36.5 Å². The van der Waals surface area contributed by atoms with Crippen LogP contribution in [0.3, 0.4) is 0 Å². The third kappa shape index (κ3) is 4.02. The van der Waals surface area contributed by atoms with Crippen LogP contribution >= 0.6 is 0 Å². The second-order valence-corrected chi connectivity index (χ2v) is 6.35. The van der Waals surface area contributed by atoms with E-state index in [9.17, 15) is 22.4 Å². The molecule has 0 radical (unpaired) electrons. The third-order valence-electron chi connectivity index (χ3n) is 4.35. The Morgan fingerprint density at radius 2 is 2.00 bits per heavy atom. The monoisotopic (exact) mass is 330 g/mol. The molecule has 2 fully saturated rings. The Morgan fingerprint density at radius 1 is 1.26 bits per heavy atom. The number of nitrogens with zero attached hydrogens (tertiary/aromatic N) is 1. The molecule has 1 saturated carbocycles. The molecule has 2 aliphatic rings. The van der Waals surface area contributed by atoms with Gasteiger partial charge in [-0.3, -0.25) is 4.79 Å². The van der Waals surface area contributed by atoms with Crippen LogP contribution in [0.4, 0.5) is 17.6 Å². The fraction of sp³-hybridized carbons (Fsp3) is 0.562. The van der Waals surface area contributed by atoms with E-state index in [2.05, 4.69) is 10.2 Å². The highest BCUT2D eigenvalue weighted by Crippen LogP contribution is 2.32. The van der Waals surface area contributed by atoms with Crippen LogP contribution in [0.15, 0.2) is 18.2 Å². The van der Waals surface area contributed by atoms with Gasteiger partial charge in [0.1, 0.15) is 5.82 Å². The minimum atomic E-state index is -4.81. The Labute approximate surface area is 131 Å². The van der Waals surface area contributed by atoms with Gasteiger partial charge in [0, 0.05) is 31.2 Å². The summed E-state index contributed by atoms with van der Waals surface area (Å²) in [5, 5.41) is 2.75. The van der Waals surface area contributed by atoms with Crippen LogP contribution in [0.2, 0.25) is 0 Å². The summed E-state index contributed by atoms with van der Waals surface area (Å²) < 4.78 is 51.3. The predicted molar refractivity (Wildman–Crippen MR) is 76.4 cm³/mol. The number of benzene rings is 1. The van der Waals surface area contributed by atoms with Crippen LogP contribution < -0.4 is 5.32 Å². The zero-order valence-corrected chi connectivity index (χ0v) is 12.5. The number of carbonyl (C=O) groups is 1. The molecule has 23 heavy (non-hydrogen) atoms. The smallest absolute Gasteiger partial charge is 0.348 e. The molecule has 1 aromatic rings. The number of likely N-dealkylation sites (tertiary alicyclic amines) is 1. The molecule has 1 unspecified atom stereocenters. The quantitative estimate of drug-likeness (QED) is 0.861. The minimum Gasteiger partial charge on any atom is -0.348 e. The van der Waals surface area contributed by atoms with Crippen LogP contribution in [0, 0.1) is 11.7 Å². The first kappa shape index (κ1) is 16.2. The molecule has 0 spiro atoms. The highest BCUT2D eigenvalue weighted by atomic mass is 19.4. The molecule has 1 N–H and O–H groups in total. The van der Waals surface area contributed by atoms with E-state index in [1.807, 2.05) is 0 Å². The van der Waals surface area contributed by atoms with Gasteiger partial charge in [-0.25, -0.2) is 4.39 Å². The van der Waals surface area contributed by atoms with Gasteiger partial charge >= 0.3 is 6.18 Å². The zero-order chi connectivity index (χ0) is 16.6. The highest BCUT2D eigenvalue weighted by Gasteiger charge is 2.35. The molecule has 1 amide bonds. The van der Waals surface area contributed by atoms with E-state index in [1.165, 1.54) is 12.8 Å². The molecule has 3 nitrogen and oxygen atoms in total. The third-order valence-corrected chi connectivity index (χ3v) is 4.35. The average Bonchev–Trinajstić information content (AvgIpc) is 3.17. The number of amides is 1. The topological polar surface area (TPSA) is 32.3 Å². The molecule has 1 heterocycles. The Hall–Kier alpha value is -1.63. The fourth-order valence-electron chi connectivity index (χ4n) is 2.93. The first-order valence-electron chi connectivity index (χ1n) is 7.73. The van der Waals surface area contributed by atoms with Crippen molar-refractivity contribution >= 4 is 5.91 Å².